The zero-order valence-corrected chi connectivity index (χ0v) is 15.7. The standard InChI is InChI=1S/C17H16ClFN2O5S/c1-10(17(20)23)26-16(22)8-11-2-5-13(6-3-11)21-27(24,25)15-7-4-12(18)9-14(15)19/h2-7,9-10,21H,8H2,1H3,(H2,20,23)/t10-/m1/s1. The predicted molar refractivity (Wildman–Crippen MR) is 97.1 cm³/mol. The first-order chi connectivity index (χ1) is 12.6. The van der Waals surface area contributed by atoms with Crippen molar-refractivity contribution in [3.63, 3.8) is 0 Å². The molecule has 0 aliphatic rings. The average Bonchev–Trinajstić information content (AvgIpc) is 2.55. The molecule has 10 heteroatoms. The number of amides is 1. The third-order valence-corrected chi connectivity index (χ3v) is 5.10. The van der Waals surface area contributed by atoms with Crippen LogP contribution in [0.2, 0.25) is 5.02 Å². The molecule has 1 amide bonds. The summed E-state index contributed by atoms with van der Waals surface area (Å²) in [6, 6.07) is 9.03. The first-order valence-electron chi connectivity index (χ1n) is 7.64. The van der Waals surface area contributed by atoms with Crippen LogP contribution in [-0.2, 0) is 30.8 Å². The number of halogens is 2. The number of nitrogens with two attached hydrogens (primary N) is 1. The third kappa shape index (κ3) is 5.66. The highest BCUT2D eigenvalue weighted by Crippen LogP contribution is 2.22. The molecule has 27 heavy (non-hydrogen) atoms. The number of primary amides is 1. The molecule has 0 bridgehead atoms. The molecule has 1 atom stereocenters. The van der Waals surface area contributed by atoms with Gasteiger partial charge < -0.3 is 10.5 Å². The van der Waals surface area contributed by atoms with Gasteiger partial charge in [0.05, 0.1) is 6.42 Å². The Kier molecular flexibility index (Phi) is 6.40. The largest absolute Gasteiger partial charge is 0.452 e. The van der Waals surface area contributed by atoms with E-state index in [0.717, 1.165) is 12.1 Å². The number of hydrogen-bond donors (Lipinski definition) is 2. The Bertz CT molecular complexity index is 964. The molecular weight excluding hydrogens is 399 g/mol. The molecule has 0 unspecified atom stereocenters. The van der Waals surface area contributed by atoms with E-state index in [0.29, 0.717) is 5.56 Å². The SMILES string of the molecule is C[C@@H](OC(=O)Cc1ccc(NS(=O)(=O)c2ccc(Cl)cc2F)cc1)C(N)=O. The monoisotopic (exact) mass is 414 g/mol. The van der Waals surface area contributed by atoms with Gasteiger partial charge in [-0.15, -0.1) is 0 Å². The van der Waals surface area contributed by atoms with Crippen LogP contribution in [0.25, 0.3) is 0 Å². The van der Waals surface area contributed by atoms with Crippen molar-refractivity contribution in [1.82, 2.24) is 0 Å². The van der Waals surface area contributed by atoms with E-state index in [1.807, 2.05) is 0 Å². The van der Waals surface area contributed by atoms with Crippen molar-refractivity contribution in [2.24, 2.45) is 5.73 Å². The summed E-state index contributed by atoms with van der Waals surface area (Å²) >= 11 is 5.62. The number of sulfonamides is 1. The maximum Gasteiger partial charge on any atom is 0.311 e. The fraction of sp³-hybridized carbons (Fsp3) is 0.176. The number of ether oxygens (including phenoxy) is 1. The molecular formula is C17H16ClFN2O5S. The molecule has 7 nitrogen and oxygen atoms in total. The lowest BCUT2D eigenvalue weighted by Crippen LogP contribution is -2.30. The zero-order chi connectivity index (χ0) is 20.2. The smallest absolute Gasteiger partial charge is 0.311 e. The van der Waals surface area contributed by atoms with Crippen molar-refractivity contribution in [3.8, 4) is 0 Å². The van der Waals surface area contributed by atoms with E-state index in [2.05, 4.69) is 4.72 Å². The molecule has 144 valence electrons. The normalized spacial score (nSPS) is 12.3. The summed E-state index contributed by atoms with van der Waals surface area (Å²) in [4.78, 5) is 22.0. The van der Waals surface area contributed by atoms with Gasteiger partial charge in [-0.1, -0.05) is 23.7 Å². The molecule has 0 spiro atoms. The minimum absolute atomic E-state index is 0.0772. The molecule has 2 aromatic rings. The number of carbonyl (C=O) groups is 2. The van der Waals surface area contributed by atoms with E-state index in [-0.39, 0.29) is 17.1 Å². The summed E-state index contributed by atoms with van der Waals surface area (Å²) < 4.78 is 45.4. The van der Waals surface area contributed by atoms with Crippen molar-refractivity contribution >= 4 is 39.2 Å². The highest BCUT2D eigenvalue weighted by molar-refractivity contribution is 7.92. The van der Waals surface area contributed by atoms with Gasteiger partial charge in [0.25, 0.3) is 15.9 Å². The molecule has 0 aliphatic carbocycles. The number of nitrogens with one attached hydrogen (secondary N) is 1. The van der Waals surface area contributed by atoms with Crippen LogP contribution in [-0.4, -0.2) is 26.4 Å². The number of benzene rings is 2. The maximum absolute atomic E-state index is 13.8. The van der Waals surface area contributed by atoms with E-state index < -0.39 is 38.7 Å². The number of anilines is 1. The lowest BCUT2D eigenvalue weighted by atomic mass is 10.1. The maximum atomic E-state index is 13.8. The van der Waals surface area contributed by atoms with E-state index in [4.69, 9.17) is 22.1 Å². The molecule has 0 saturated heterocycles. The number of hydrogen-bond acceptors (Lipinski definition) is 5. The third-order valence-electron chi connectivity index (χ3n) is 3.45. The Hall–Kier alpha value is -2.65. The van der Waals surface area contributed by atoms with Gasteiger partial charge in [-0.05, 0) is 42.8 Å². The molecule has 3 N–H and O–H groups in total. The zero-order valence-electron chi connectivity index (χ0n) is 14.1. The van der Waals surface area contributed by atoms with Gasteiger partial charge in [-0.2, -0.15) is 0 Å². The van der Waals surface area contributed by atoms with Crippen molar-refractivity contribution < 1.29 is 27.1 Å². The Morgan fingerprint density at radius 1 is 1.22 bits per heavy atom. The summed E-state index contributed by atoms with van der Waals surface area (Å²) in [5, 5.41) is 0.0772. The highest BCUT2D eigenvalue weighted by atomic mass is 35.5. The fourth-order valence-corrected chi connectivity index (χ4v) is 3.34. The van der Waals surface area contributed by atoms with E-state index >= 15 is 0 Å². The fourth-order valence-electron chi connectivity index (χ4n) is 2.06. The number of rotatable bonds is 7. The minimum Gasteiger partial charge on any atom is -0.452 e. The van der Waals surface area contributed by atoms with Crippen LogP contribution < -0.4 is 10.5 Å². The van der Waals surface area contributed by atoms with Gasteiger partial charge in [-0.25, -0.2) is 12.8 Å². The van der Waals surface area contributed by atoms with Crippen molar-refractivity contribution in [3.05, 3.63) is 58.9 Å². The highest BCUT2D eigenvalue weighted by Gasteiger charge is 2.20. The average molecular weight is 415 g/mol. The molecule has 2 aromatic carbocycles. The molecule has 0 heterocycles. The molecule has 0 radical (unpaired) electrons. The Morgan fingerprint density at radius 2 is 1.85 bits per heavy atom. The summed E-state index contributed by atoms with van der Waals surface area (Å²) in [7, 11) is -4.15. The second-order valence-electron chi connectivity index (χ2n) is 5.59. The molecule has 0 fully saturated rings. The summed E-state index contributed by atoms with van der Waals surface area (Å²) in [5.74, 6) is -2.39. The van der Waals surface area contributed by atoms with Crippen LogP contribution in [0.15, 0.2) is 47.4 Å². The van der Waals surface area contributed by atoms with Crippen LogP contribution in [0.1, 0.15) is 12.5 Å². The van der Waals surface area contributed by atoms with Crippen LogP contribution >= 0.6 is 11.6 Å². The van der Waals surface area contributed by atoms with Gasteiger partial charge >= 0.3 is 5.97 Å². The first-order valence-corrected chi connectivity index (χ1v) is 9.50. The predicted octanol–water partition coefficient (Wildman–Crippen LogP) is 2.24. The Morgan fingerprint density at radius 3 is 2.41 bits per heavy atom. The molecule has 0 aromatic heterocycles. The van der Waals surface area contributed by atoms with Crippen molar-refractivity contribution in [2.75, 3.05) is 4.72 Å². The molecule has 2 rings (SSSR count). The summed E-state index contributed by atoms with van der Waals surface area (Å²) in [6.07, 6.45) is -1.17. The van der Waals surface area contributed by atoms with Crippen molar-refractivity contribution in [2.45, 2.75) is 24.3 Å². The minimum atomic E-state index is -4.15. The number of esters is 1. The quantitative estimate of drug-likeness (QED) is 0.674. The molecule has 0 aliphatic heterocycles. The molecule has 0 saturated carbocycles. The van der Waals surface area contributed by atoms with Gasteiger partial charge in [0.15, 0.2) is 6.10 Å². The van der Waals surface area contributed by atoms with Gasteiger partial charge in [0.2, 0.25) is 0 Å². The lowest BCUT2D eigenvalue weighted by molar-refractivity contribution is -0.153. The van der Waals surface area contributed by atoms with Crippen LogP contribution in [0.4, 0.5) is 10.1 Å². The van der Waals surface area contributed by atoms with Crippen molar-refractivity contribution in [1.29, 1.82) is 0 Å². The lowest BCUT2D eigenvalue weighted by Gasteiger charge is -2.11. The first kappa shape index (κ1) is 20.7. The van der Waals surface area contributed by atoms with E-state index in [9.17, 15) is 22.4 Å². The summed E-state index contributed by atoms with van der Waals surface area (Å²) in [6.45, 7) is 1.36. The van der Waals surface area contributed by atoms with E-state index in [1.165, 1.54) is 37.3 Å². The van der Waals surface area contributed by atoms with Crippen LogP contribution in [0.3, 0.4) is 0 Å². The summed E-state index contributed by atoms with van der Waals surface area (Å²) in [5.41, 5.74) is 5.71. The Balaban J connectivity index is 2.07. The Labute approximate surface area is 160 Å². The number of carbonyl (C=O) groups excluding carboxylic acids is 2. The van der Waals surface area contributed by atoms with Crippen LogP contribution in [0, 0.1) is 5.82 Å². The second kappa shape index (κ2) is 8.36. The van der Waals surface area contributed by atoms with Gasteiger partial charge in [-0.3, -0.25) is 14.3 Å². The van der Waals surface area contributed by atoms with Gasteiger partial charge in [0.1, 0.15) is 10.7 Å². The van der Waals surface area contributed by atoms with Crippen LogP contribution in [0.5, 0.6) is 0 Å². The van der Waals surface area contributed by atoms with E-state index in [1.54, 1.807) is 0 Å². The second-order valence-corrected chi connectivity index (χ2v) is 7.68. The topological polar surface area (TPSA) is 116 Å². The van der Waals surface area contributed by atoms with Gasteiger partial charge in [0, 0.05) is 10.7 Å².